The third-order valence-electron chi connectivity index (χ3n) is 5.03. The second kappa shape index (κ2) is 7.69. The Bertz CT molecular complexity index is 1180. The van der Waals surface area contributed by atoms with E-state index in [1.165, 1.54) is 17.9 Å². The molecular weight excluding hydrogens is 370 g/mol. The Morgan fingerprint density at radius 2 is 1.79 bits per heavy atom. The molecule has 29 heavy (non-hydrogen) atoms. The van der Waals surface area contributed by atoms with Crippen molar-refractivity contribution < 1.29 is 4.79 Å². The van der Waals surface area contributed by atoms with Crippen LogP contribution in [0.3, 0.4) is 0 Å². The lowest BCUT2D eigenvalue weighted by Gasteiger charge is -2.23. The van der Waals surface area contributed by atoms with Crippen LogP contribution < -0.4 is 16.6 Å². The molecule has 1 amide bonds. The van der Waals surface area contributed by atoms with E-state index in [9.17, 15) is 14.4 Å². The Hall–Kier alpha value is -3.16. The van der Waals surface area contributed by atoms with E-state index in [4.69, 9.17) is 0 Å². The molecule has 0 atom stereocenters. The summed E-state index contributed by atoms with van der Waals surface area (Å²) in [5, 5.41) is 3.00. The molecule has 2 aromatic heterocycles. The maximum absolute atomic E-state index is 12.5. The van der Waals surface area contributed by atoms with Gasteiger partial charge in [0.2, 0.25) is 5.91 Å². The maximum atomic E-state index is 12.5. The van der Waals surface area contributed by atoms with Crippen molar-refractivity contribution in [2.24, 2.45) is 14.1 Å². The molecule has 0 aliphatic heterocycles. The fourth-order valence-corrected chi connectivity index (χ4v) is 3.44. The van der Waals surface area contributed by atoms with E-state index in [1.807, 2.05) is 24.3 Å². The van der Waals surface area contributed by atoms with Crippen molar-refractivity contribution in [3.63, 3.8) is 0 Å². The predicted octanol–water partition coefficient (Wildman–Crippen LogP) is 2.15. The highest BCUT2D eigenvalue weighted by Crippen LogP contribution is 2.29. The Balaban J connectivity index is 1.71. The van der Waals surface area contributed by atoms with Gasteiger partial charge in [0.25, 0.3) is 5.56 Å². The van der Waals surface area contributed by atoms with Crippen molar-refractivity contribution in [2.45, 2.75) is 45.6 Å². The first kappa shape index (κ1) is 20.6. The summed E-state index contributed by atoms with van der Waals surface area (Å²) in [6.45, 7) is 6.78. The smallest absolute Gasteiger partial charge is 0.326 e. The van der Waals surface area contributed by atoms with Gasteiger partial charge in [-0.2, -0.15) is 0 Å². The van der Waals surface area contributed by atoms with Gasteiger partial charge in [-0.25, -0.2) is 9.78 Å². The highest BCUT2D eigenvalue weighted by Gasteiger charge is 2.19. The standard InChI is InChI=1S/C21H27N5O3/c1-21(2,3)14-9-6-7-10-15(14)23-16(27)11-8-12-26-13-22-18-17(26)19(28)25(5)20(29)24(18)4/h6-7,9-10,13H,8,11-12H2,1-5H3,(H,23,27). The van der Waals surface area contributed by atoms with Gasteiger partial charge < -0.3 is 9.88 Å². The largest absolute Gasteiger partial charge is 0.332 e. The van der Waals surface area contributed by atoms with Crippen molar-refractivity contribution in [2.75, 3.05) is 5.32 Å². The molecule has 3 aromatic rings. The van der Waals surface area contributed by atoms with Crippen LogP contribution >= 0.6 is 0 Å². The Labute approximate surface area is 168 Å². The van der Waals surface area contributed by atoms with Crippen LogP contribution in [-0.2, 0) is 30.8 Å². The van der Waals surface area contributed by atoms with Gasteiger partial charge in [0.15, 0.2) is 11.2 Å². The van der Waals surface area contributed by atoms with Crippen molar-refractivity contribution in [3.8, 4) is 0 Å². The number of amides is 1. The van der Waals surface area contributed by atoms with Gasteiger partial charge in [-0.1, -0.05) is 39.0 Å². The number of nitrogens with one attached hydrogen (secondary N) is 1. The maximum Gasteiger partial charge on any atom is 0.332 e. The molecule has 8 nitrogen and oxygen atoms in total. The van der Waals surface area contributed by atoms with Crippen LogP contribution in [0.25, 0.3) is 11.2 Å². The summed E-state index contributed by atoms with van der Waals surface area (Å²) in [6, 6.07) is 7.80. The molecule has 0 spiro atoms. The van der Waals surface area contributed by atoms with E-state index in [-0.39, 0.29) is 16.9 Å². The molecule has 0 fully saturated rings. The summed E-state index contributed by atoms with van der Waals surface area (Å²) in [6.07, 6.45) is 2.39. The van der Waals surface area contributed by atoms with Crippen LogP contribution in [0.5, 0.6) is 0 Å². The van der Waals surface area contributed by atoms with Gasteiger partial charge in [-0.15, -0.1) is 0 Å². The molecule has 0 radical (unpaired) electrons. The molecule has 0 aliphatic carbocycles. The molecule has 2 heterocycles. The first-order chi connectivity index (χ1) is 13.6. The third-order valence-corrected chi connectivity index (χ3v) is 5.03. The number of carbonyl (C=O) groups excluding carboxylic acids is 1. The van der Waals surface area contributed by atoms with Gasteiger partial charge in [0.05, 0.1) is 6.33 Å². The number of rotatable bonds is 5. The Morgan fingerprint density at radius 3 is 2.48 bits per heavy atom. The number of nitrogens with zero attached hydrogens (tertiary/aromatic N) is 4. The molecule has 0 saturated heterocycles. The molecule has 3 rings (SSSR count). The highest BCUT2D eigenvalue weighted by molar-refractivity contribution is 5.91. The van der Waals surface area contributed by atoms with Crippen LogP contribution in [0, 0.1) is 0 Å². The first-order valence-corrected chi connectivity index (χ1v) is 9.61. The van der Waals surface area contributed by atoms with Gasteiger partial charge in [0.1, 0.15) is 0 Å². The van der Waals surface area contributed by atoms with Crippen LogP contribution in [0.15, 0.2) is 40.2 Å². The van der Waals surface area contributed by atoms with E-state index in [0.717, 1.165) is 15.8 Å². The number of benzene rings is 1. The highest BCUT2D eigenvalue weighted by atomic mass is 16.2. The lowest BCUT2D eigenvalue weighted by Crippen LogP contribution is -2.37. The zero-order valence-corrected chi connectivity index (χ0v) is 17.5. The van der Waals surface area contributed by atoms with Gasteiger partial charge in [-0.3, -0.25) is 18.7 Å². The zero-order chi connectivity index (χ0) is 21.3. The molecule has 1 N–H and O–H groups in total. The minimum atomic E-state index is -0.412. The number of hydrogen-bond acceptors (Lipinski definition) is 4. The van der Waals surface area contributed by atoms with Gasteiger partial charge >= 0.3 is 5.69 Å². The second-order valence-corrected chi connectivity index (χ2v) is 8.26. The third kappa shape index (κ3) is 4.01. The van der Waals surface area contributed by atoms with E-state index >= 15 is 0 Å². The fourth-order valence-electron chi connectivity index (χ4n) is 3.44. The van der Waals surface area contributed by atoms with E-state index in [1.54, 1.807) is 11.6 Å². The minimum Gasteiger partial charge on any atom is -0.326 e. The van der Waals surface area contributed by atoms with Crippen LogP contribution in [0.4, 0.5) is 5.69 Å². The number of anilines is 1. The molecular formula is C21H27N5O3. The Kier molecular flexibility index (Phi) is 5.46. The molecule has 0 bridgehead atoms. The van der Waals surface area contributed by atoms with Crippen molar-refractivity contribution in [3.05, 3.63) is 57.0 Å². The summed E-state index contributed by atoms with van der Waals surface area (Å²) >= 11 is 0. The molecule has 0 saturated carbocycles. The van der Waals surface area contributed by atoms with Crippen LogP contribution in [0.2, 0.25) is 0 Å². The van der Waals surface area contributed by atoms with E-state index < -0.39 is 5.69 Å². The van der Waals surface area contributed by atoms with Gasteiger partial charge in [0, 0.05) is 32.7 Å². The monoisotopic (exact) mass is 397 g/mol. The zero-order valence-electron chi connectivity index (χ0n) is 17.5. The van der Waals surface area contributed by atoms with E-state index in [0.29, 0.717) is 30.6 Å². The number of imidazole rings is 1. The number of hydrogen-bond donors (Lipinski definition) is 1. The number of aryl methyl sites for hydroxylation is 2. The lowest BCUT2D eigenvalue weighted by molar-refractivity contribution is -0.116. The fraction of sp³-hybridized carbons (Fsp3) is 0.429. The van der Waals surface area contributed by atoms with Crippen molar-refractivity contribution in [1.29, 1.82) is 0 Å². The summed E-state index contributed by atoms with van der Waals surface area (Å²) in [4.78, 5) is 41.1. The second-order valence-electron chi connectivity index (χ2n) is 8.26. The van der Waals surface area contributed by atoms with Crippen LogP contribution in [0.1, 0.15) is 39.2 Å². The average Bonchev–Trinajstić information content (AvgIpc) is 3.08. The summed E-state index contributed by atoms with van der Waals surface area (Å²) < 4.78 is 4.12. The Morgan fingerprint density at radius 1 is 1.10 bits per heavy atom. The molecule has 0 aliphatic rings. The first-order valence-electron chi connectivity index (χ1n) is 9.61. The van der Waals surface area contributed by atoms with Gasteiger partial charge in [-0.05, 0) is 23.5 Å². The van der Waals surface area contributed by atoms with Crippen LogP contribution in [-0.4, -0.2) is 24.6 Å². The number of aromatic nitrogens is 4. The molecule has 154 valence electrons. The van der Waals surface area contributed by atoms with Crippen molar-refractivity contribution >= 4 is 22.8 Å². The summed E-state index contributed by atoms with van der Waals surface area (Å²) in [5.41, 5.74) is 1.75. The molecule has 1 aromatic carbocycles. The normalized spacial score (nSPS) is 11.8. The lowest BCUT2D eigenvalue weighted by atomic mass is 9.86. The minimum absolute atomic E-state index is 0.0738. The summed E-state index contributed by atoms with van der Waals surface area (Å²) in [5.74, 6) is -0.0774. The molecule has 0 unspecified atom stereocenters. The number of carbonyl (C=O) groups is 1. The number of para-hydroxylation sites is 1. The molecule has 8 heteroatoms. The van der Waals surface area contributed by atoms with Crippen molar-refractivity contribution in [1.82, 2.24) is 18.7 Å². The van der Waals surface area contributed by atoms with E-state index in [2.05, 4.69) is 31.1 Å². The average molecular weight is 397 g/mol. The summed E-state index contributed by atoms with van der Waals surface area (Å²) in [7, 11) is 3.03. The quantitative estimate of drug-likeness (QED) is 0.714. The SMILES string of the molecule is Cn1c(=O)c2c(ncn2CCCC(=O)Nc2ccccc2C(C)(C)C)n(C)c1=O. The number of fused-ring (bicyclic) bond motifs is 1. The topological polar surface area (TPSA) is 90.9 Å². The predicted molar refractivity (Wildman–Crippen MR) is 113 cm³/mol.